The first-order chi connectivity index (χ1) is 11.7. The van der Waals surface area contributed by atoms with Crippen molar-refractivity contribution in [1.82, 2.24) is 15.5 Å². The molecule has 0 spiro atoms. The number of nitrogens with zero attached hydrogens (tertiary/aromatic N) is 1. The van der Waals surface area contributed by atoms with Crippen LogP contribution in [0.2, 0.25) is 0 Å². The molecule has 3 N–H and O–H groups in total. The van der Waals surface area contributed by atoms with Crippen LogP contribution in [0.5, 0.6) is 5.75 Å². The molecular weight excluding hydrogens is 306 g/mol. The fraction of sp³-hybridized carbons (Fsp3) is 0.444. The van der Waals surface area contributed by atoms with Gasteiger partial charge in [0.15, 0.2) is 0 Å². The minimum Gasteiger partial charge on any atom is -0.497 e. The van der Waals surface area contributed by atoms with Gasteiger partial charge in [-0.15, -0.1) is 0 Å². The van der Waals surface area contributed by atoms with Crippen molar-refractivity contribution in [3.8, 4) is 17.0 Å². The maximum Gasteiger partial charge on any atom is 0.269 e. The number of aromatic amines is 1. The number of hydrogen-bond acceptors (Lipinski definition) is 4. The van der Waals surface area contributed by atoms with E-state index in [4.69, 9.17) is 4.74 Å². The normalized spacial score (nSPS) is 20.6. The molecule has 1 saturated carbocycles. The van der Waals surface area contributed by atoms with Gasteiger partial charge in [-0.3, -0.25) is 9.89 Å². The number of amides is 1. The summed E-state index contributed by atoms with van der Waals surface area (Å²) in [7, 11) is 1.62. The second-order valence-corrected chi connectivity index (χ2v) is 6.30. The molecule has 1 aliphatic carbocycles. The minimum absolute atomic E-state index is 0.170. The van der Waals surface area contributed by atoms with E-state index in [1.165, 1.54) is 0 Å². The molecule has 1 fully saturated rings. The number of aromatic nitrogens is 2. The largest absolute Gasteiger partial charge is 0.497 e. The lowest BCUT2D eigenvalue weighted by molar-refractivity contribution is 0.0870. The molecule has 6 nitrogen and oxygen atoms in total. The highest BCUT2D eigenvalue weighted by Crippen LogP contribution is 2.24. The van der Waals surface area contributed by atoms with Crippen molar-refractivity contribution in [2.75, 3.05) is 13.7 Å². The van der Waals surface area contributed by atoms with Crippen molar-refractivity contribution in [2.45, 2.75) is 31.8 Å². The van der Waals surface area contributed by atoms with E-state index in [9.17, 15) is 9.90 Å². The Morgan fingerprint density at radius 1 is 1.42 bits per heavy atom. The fourth-order valence-electron chi connectivity index (χ4n) is 3.15. The molecule has 1 aromatic carbocycles. The van der Waals surface area contributed by atoms with Gasteiger partial charge in [0.05, 0.1) is 18.9 Å². The number of aliphatic hydroxyl groups is 1. The summed E-state index contributed by atoms with van der Waals surface area (Å²) in [4.78, 5) is 12.3. The molecule has 2 aromatic rings. The Labute approximate surface area is 141 Å². The molecule has 0 radical (unpaired) electrons. The molecular formula is C18H23N3O3. The predicted molar refractivity (Wildman–Crippen MR) is 90.9 cm³/mol. The molecule has 1 amide bonds. The molecule has 0 aliphatic heterocycles. The summed E-state index contributed by atoms with van der Waals surface area (Å²) in [5, 5.41) is 19.6. The third-order valence-corrected chi connectivity index (χ3v) is 4.49. The molecule has 3 rings (SSSR count). The molecule has 2 unspecified atom stereocenters. The van der Waals surface area contributed by atoms with E-state index in [1.807, 2.05) is 24.3 Å². The van der Waals surface area contributed by atoms with Crippen LogP contribution in [0.15, 0.2) is 30.3 Å². The Bertz CT molecular complexity index is 698. The van der Waals surface area contributed by atoms with E-state index in [0.29, 0.717) is 23.9 Å². The van der Waals surface area contributed by atoms with E-state index >= 15 is 0 Å². The molecule has 6 heteroatoms. The maximum atomic E-state index is 12.3. The number of H-pyrrole nitrogens is 1. The standard InChI is InChI=1S/C18H23N3O3/c1-24-15-7-3-5-13(9-15)16-10-17(21-20-16)18(23)19-11-12-4-2-6-14(22)8-12/h3,5,7,9-10,12,14,22H,2,4,6,8,11H2,1H3,(H,19,23)(H,20,21). The monoisotopic (exact) mass is 329 g/mol. The van der Waals surface area contributed by atoms with Crippen molar-refractivity contribution in [2.24, 2.45) is 5.92 Å². The summed E-state index contributed by atoms with van der Waals surface area (Å²) in [6.45, 7) is 0.587. The van der Waals surface area contributed by atoms with Gasteiger partial charge in [0, 0.05) is 12.1 Å². The molecule has 128 valence electrons. The summed E-state index contributed by atoms with van der Waals surface area (Å²) < 4.78 is 5.21. The quantitative estimate of drug-likeness (QED) is 0.786. The maximum absolute atomic E-state index is 12.3. The zero-order valence-electron chi connectivity index (χ0n) is 13.8. The van der Waals surface area contributed by atoms with Crippen LogP contribution in [0.4, 0.5) is 0 Å². The number of aliphatic hydroxyl groups excluding tert-OH is 1. The highest BCUT2D eigenvalue weighted by atomic mass is 16.5. The average molecular weight is 329 g/mol. The van der Waals surface area contributed by atoms with Crippen LogP contribution in [0, 0.1) is 5.92 Å². The first kappa shape index (κ1) is 16.5. The number of methoxy groups -OCH3 is 1. The lowest BCUT2D eigenvalue weighted by atomic mass is 9.87. The van der Waals surface area contributed by atoms with Crippen LogP contribution in [0.1, 0.15) is 36.2 Å². The van der Waals surface area contributed by atoms with Gasteiger partial charge in [-0.05, 0) is 43.4 Å². The van der Waals surface area contributed by atoms with Crippen LogP contribution < -0.4 is 10.1 Å². The summed E-state index contributed by atoms with van der Waals surface area (Å²) in [6.07, 6.45) is 3.47. The van der Waals surface area contributed by atoms with Crippen molar-refractivity contribution in [3.05, 3.63) is 36.0 Å². The summed E-state index contributed by atoms with van der Waals surface area (Å²) in [6, 6.07) is 9.28. The number of nitrogens with one attached hydrogen (secondary N) is 2. The third kappa shape index (κ3) is 3.94. The van der Waals surface area contributed by atoms with Crippen LogP contribution in [-0.2, 0) is 0 Å². The Balaban J connectivity index is 1.61. The first-order valence-corrected chi connectivity index (χ1v) is 8.32. The molecule has 1 aliphatic rings. The number of ether oxygens (including phenoxy) is 1. The molecule has 24 heavy (non-hydrogen) atoms. The van der Waals surface area contributed by atoms with Crippen LogP contribution >= 0.6 is 0 Å². The van der Waals surface area contributed by atoms with E-state index < -0.39 is 0 Å². The van der Waals surface area contributed by atoms with Crippen LogP contribution in [0.3, 0.4) is 0 Å². The highest BCUT2D eigenvalue weighted by molar-refractivity contribution is 5.93. The Morgan fingerprint density at radius 2 is 2.29 bits per heavy atom. The number of rotatable bonds is 5. The zero-order valence-corrected chi connectivity index (χ0v) is 13.8. The predicted octanol–water partition coefficient (Wildman–Crippen LogP) is 2.37. The zero-order chi connectivity index (χ0) is 16.9. The van der Waals surface area contributed by atoms with E-state index in [2.05, 4.69) is 15.5 Å². The summed E-state index contributed by atoms with van der Waals surface area (Å²) >= 11 is 0. The molecule has 0 saturated heterocycles. The Kier molecular flexibility index (Phi) is 5.15. The number of carbonyl (C=O) groups is 1. The smallest absolute Gasteiger partial charge is 0.269 e. The van der Waals surface area contributed by atoms with Crippen LogP contribution in [0.25, 0.3) is 11.3 Å². The van der Waals surface area contributed by atoms with Gasteiger partial charge in [0.2, 0.25) is 0 Å². The second kappa shape index (κ2) is 7.49. The SMILES string of the molecule is COc1cccc(-c2cc(C(=O)NCC3CCCC(O)C3)[nH]n2)c1. The lowest BCUT2D eigenvalue weighted by Crippen LogP contribution is -2.33. The minimum atomic E-state index is -0.229. The van der Waals surface area contributed by atoms with Gasteiger partial charge in [-0.25, -0.2) is 0 Å². The van der Waals surface area contributed by atoms with E-state index in [0.717, 1.165) is 37.0 Å². The van der Waals surface area contributed by atoms with Gasteiger partial charge in [0.25, 0.3) is 5.91 Å². The topological polar surface area (TPSA) is 87.2 Å². The van der Waals surface area contributed by atoms with E-state index in [1.54, 1.807) is 13.2 Å². The molecule has 1 heterocycles. The Hall–Kier alpha value is -2.34. The number of benzene rings is 1. The molecule has 0 bridgehead atoms. The summed E-state index contributed by atoms with van der Waals surface area (Å²) in [5.74, 6) is 0.924. The van der Waals surface area contributed by atoms with Gasteiger partial charge < -0.3 is 15.2 Å². The Morgan fingerprint density at radius 3 is 3.08 bits per heavy atom. The van der Waals surface area contributed by atoms with Gasteiger partial charge in [-0.2, -0.15) is 5.10 Å². The fourth-order valence-corrected chi connectivity index (χ4v) is 3.15. The van der Waals surface area contributed by atoms with Gasteiger partial charge >= 0.3 is 0 Å². The average Bonchev–Trinajstić information content (AvgIpc) is 3.10. The van der Waals surface area contributed by atoms with Crippen LogP contribution in [-0.4, -0.2) is 41.0 Å². The van der Waals surface area contributed by atoms with Crippen molar-refractivity contribution >= 4 is 5.91 Å². The van der Waals surface area contributed by atoms with Crippen molar-refractivity contribution in [3.63, 3.8) is 0 Å². The first-order valence-electron chi connectivity index (χ1n) is 8.32. The van der Waals surface area contributed by atoms with Gasteiger partial charge in [-0.1, -0.05) is 18.6 Å². The highest BCUT2D eigenvalue weighted by Gasteiger charge is 2.21. The molecule has 1 aromatic heterocycles. The van der Waals surface area contributed by atoms with Crippen molar-refractivity contribution in [1.29, 1.82) is 0 Å². The lowest BCUT2D eigenvalue weighted by Gasteiger charge is -2.25. The number of hydrogen-bond donors (Lipinski definition) is 3. The number of carbonyl (C=O) groups excluding carboxylic acids is 1. The molecule has 2 atom stereocenters. The van der Waals surface area contributed by atoms with Gasteiger partial charge in [0.1, 0.15) is 11.4 Å². The van der Waals surface area contributed by atoms with E-state index in [-0.39, 0.29) is 12.0 Å². The second-order valence-electron chi connectivity index (χ2n) is 6.30. The van der Waals surface area contributed by atoms with Crippen molar-refractivity contribution < 1.29 is 14.6 Å². The summed E-state index contributed by atoms with van der Waals surface area (Å²) in [5.41, 5.74) is 2.02. The third-order valence-electron chi connectivity index (χ3n) is 4.49.